The molecule has 2 heteroatoms. The van der Waals surface area contributed by atoms with E-state index in [1.807, 2.05) is 30.3 Å². The Balaban J connectivity index is 2.53. The topological polar surface area (TPSA) is 17.1 Å². The fourth-order valence-electron chi connectivity index (χ4n) is 1.27. The third-order valence-corrected chi connectivity index (χ3v) is 3.04. The Hall–Kier alpha value is -0.760. The molecule has 0 saturated heterocycles. The molecule has 1 nitrogen and oxygen atoms in total. The van der Waals surface area contributed by atoms with Crippen molar-refractivity contribution in [2.45, 2.75) is 30.4 Å². The summed E-state index contributed by atoms with van der Waals surface area (Å²) in [6.45, 7) is 4.28. The van der Waals surface area contributed by atoms with Crippen LogP contribution in [0.4, 0.5) is 0 Å². The Bertz CT molecular complexity index is 269. The maximum atomic E-state index is 10.8. The largest absolute Gasteiger partial charge is 0.302 e. The first kappa shape index (κ1) is 11.3. The van der Waals surface area contributed by atoms with Crippen molar-refractivity contribution in [2.75, 3.05) is 0 Å². The summed E-state index contributed by atoms with van der Waals surface area (Å²) < 4.78 is 0. The van der Waals surface area contributed by atoms with E-state index in [0.717, 1.165) is 12.7 Å². The summed E-state index contributed by atoms with van der Waals surface area (Å²) in [5.41, 5.74) is 0. The molecule has 0 spiro atoms. The summed E-state index contributed by atoms with van der Waals surface area (Å²) in [5, 5.41) is 0.0948. The Morgan fingerprint density at radius 1 is 1.29 bits per heavy atom. The highest BCUT2D eigenvalue weighted by atomic mass is 32.2. The van der Waals surface area contributed by atoms with Crippen LogP contribution in [0.25, 0.3) is 0 Å². The number of hydrogen-bond acceptors (Lipinski definition) is 2. The predicted octanol–water partition coefficient (Wildman–Crippen LogP) is 3.39. The molecule has 0 heterocycles. The summed E-state index contributed by atoms with van der Waals surface area (Å²) in [6.07, 6.45) is 2.00. The van der Waals surface area contributed by atoms with Crippen molar-refractivity contribution in [3.05, 3.63) is 30.3 Å². The number of benzene rings is 1. The number of hydrogen-bond donors (Lipinski definition) is 0. The number of thioether (sulfide) groups is 1. The monoisotopic (exact) mass is 208 g/mol. The summed E-state index contributed by atoms with van der Waals surface area (Å²) in [4.78, 5) is 12.0. The Morgan fingerprint density at radius 3 is 2.43 bits per heavy atom. The lowest BCUT2D eigenvalue weighted by molar-refractivity contribution is -0.107. The van der Waals surface area contributed by atoms with E-state index in [0.29, 0.717) is 5.92 Å². The van der Waals surface area contributed by atoms with Gasteiger partial charge in [0.05, 0.1) is 5.25 Å². The molecule has 0 aliphatic carbocycles. The normalized spacial score (nSPS) is 12.8. The second-order valence-corrected chi connectivity index (χ2v) is 5.05. The third kappa shape index (κ3) is 3.97. The lowest BCUT2D eigenvalue weighted by Crippen LogP contribution is -2.07. The smallest absolute Gasteiger partial charge is 0.133 e. The maximum Gasteiger partial charge on any atom is 0.133 e. The van der Waals surface area contributed by atoms with Crippen LogP contribution in [0.5, 0.6) is 0 Å². The molecular weight excluding hydrogens is 192 g/mol. The van der Waals surface area contributed by atoms with Gasteiger partial charge in [0, 0.05) is 4.90 Å². The first-order valence-corrected chi connectivity index (χ1v) is 5.77. The zero-order chi connectivity index (χ0) is 10.4. The number of carbonyl (C=O) groups excluding carboxylic acids is 1. The second kappa shape index (κ2) is 5.86. The zero-order valence-electron chi connectivity index (χ0n) is 8.64. The minimum absolute atomic E-state index is 0.0948. The van der Waals surface area contributed by atoms with E-state index in [4.69, 9.17) is 0 Å². The second-order valence-electron chi connectivity index (χ2n) is 3.73. The van der Waals surface area contributed by atoms with Crippen molar-refractivity contribution in [1.82, 2.24) is 0 Å². The van der Waals surface area contributed by atoms with Gasteiger partial charge in [0.15, 0.2) is 0 Å². The van der Waals surface area contributed by atoms with Crippen molar-refractivity contribution in [3.8, 4) is 0 Å². The predicted molar refractivity (Wildman–Crippen MR) is 61.6 cm³/mol. The third-order valence-electron chi connectivity index (χ3n) is 1.89. The van der Waals surface area contributed by atoms with Gasteiger partial charge in [-0.25, -0.2) is 0 Å². The minimum atomic E-state index is 0.0948. The lowest BCUT2D eigenvalue weighted by Gasteiger charge is -2.11. The Kier molecular flexibility index (Phi) is 4.74. The summed E-state index contributed by atoms with van der Waals surface area (Å²) in [6, 6.07) is 10.1. The van der Waals surface area contributed by atoms with Crippen molar-refractivity contribution >= 4 is 18.0 Å². The van der Waals surface area contributed by atoms with Gasteiger partial charge in [-0.15, -0.1) is 11.8 Å². The van der Waals surface area contributed by atoms with Crippen LogP contribution in [0.1, 0.15) is 20.3 Å². The highest BCUT2D eigenvalue weighted by molar-refractivity contribution is 8.00. The van der Waals surface area contributed by atoms with Gasteiger partial charge < -0.3 is 4.79 Å². The number of carbonyl (C=O) groups is 1. The highest BCUT2D eigenvalue weighted by Gasteiger charge is 2.10. The van der Waals surface area contributed by atoms with Gasteiger partial charge in [-0.2, -0.15) is 0 Å². The summed E-state index contributed by atoms with van der Waals surface area (Å²) in [5.74, 6) is 0.571. The van der Waals surface area contributed by atoms with Gasteiger partial charge in [0.1, 0.15) is 6.29 Å². The average molecular weight is 208 g/mol. The highest BCUT2D eigenvalue weighted by Crippen LogP contribution is 2.25. The van der Waals surface area contributed by atoms with E-state index in [9.17, 15) is 4.79 Å². The number of rotatable bonds is 5. The van der Waals surface area contributed by atoms with Crippen LogP contribution in [-0.2, 0) is 4.79 Å². The molecule has 0 N–H and O–H groups in total. The van der Waals surface area contributed by atoms with E-state index in [1.165, 1.54) is 4.90 Å². The summed E-state index contributed by atoms with van der Waals surface area (Å²) >= 11 is 1.65. The van der Waals surface area contributed by atoms with Crippen LogP contribution in [0, 0.1) is 5.92 Å². The van der Waals surface area contributed by atoms with Crippen molar-refractivity contribution in [2.24, 2.45) is 5.92 Å². The standard InChI is InChI=1S/C12H16OS/c1-10(2)8-12(9-13)14-11-6-4-3-5-7-11/h3-7,9-10,12H,8H2,1-2H3. The quantitative estimate of drug-likeness (QED) is 0.545. The molecule has 1 unspecified atom stereocenters. The van der Waals surface area contributed by atoms with Gasteiger partial charge in [-0.3, -0.25) is 0 Å². The van der Waals surface area contributed by atoms with Gasteiger partial charge in [0.2, 0.25) is 0 Å². The molecule has 76 valence electrons. The van der Waals surface area contributed by atoms with Gasteiger partial charge in [0.25, 0.3) is 0 Å². The SMILES string of the molecule is CC(C)CC(C=O)Sc1ccccc1. The maximum absolute atomic E-state index is 10.8. The molecule has 0 radical (unpaired) electrons. The van der Waals surface area contributed by atoms with E-state index >= 15 is 0 Å². The molecule has 0 aliphatic rings. The molecule has 0 saturated carbocycles. The average Bonchev–Trinajstić information content (AvgIpc) is 2.17. The van der Waals surface area contributed by atoms with Gasteiger partial charge in [-0.1, -0.05) is 32.0 Å². The van der Waals surface area contributed by atoms with Gasteiger partial charge in [-0.05, 0) is 24.5 Å². The zero-order valence-corrected chi connectivity index (χ0v) is 9.46. The van der Waals surface area contributed by atoms with Crippen molar-refractivity contribution in [3.63, 3.8) is 0 Å². The molecule has 0 bridgehead atoms. The number of aldehydes is 1. The van der Waals surface area contributed by atoms with E-state index in [2.05, 4.69) is 13.8 Å². The van der Waals surface area contributed by atoms with Crippen LogP contribution >= 0.6 is 11.8 Å². The molecule has 1 rings (SSSR count). The Morgan fingerprint density at radius 2 is 1.93 bits per heavy atom. The molecule has 0 aromatic heterocycles. The summed E-state index contributed by atoms with van der Waals surface area (Å²) in [7, 11) is 0. The fourth-order valence-corrected chi connectivity index (χ4v) is 2.47. The first-order chi connectivity index (χ1) is 6.72. The fraction of sp³-hybridized carbons (Fsp3) is 0.417. The minimum Gasteiger partial charge on any atom is -0.302 e. The molecule has 14 heavy (non-hydrogen) atoms. The molecule has 0 aliphatic heterocycles. The van der Waals surface area contributed by atoms with Crippen LogP contribution in [0.2, 0.25) is 0 Å². The van der Waals surface area contributed by atoms with E-state index in [1.54, 1.807) is 11.8 Å². The van der Waals surface area contributed by atoms with Crippen molar-refractivity contribution in [1.29, 1.82) is 0 Å². The van der Waals surface area contributed by atoms with Crippen LogP contribution in [0.3, 0.4) is 0 Å². The lowest BCUT2D eigenvalue weighted by atomic mass is 10.1. The molecule has 0 amide bonds. The van der Waals surface area contributed by atoms with Crippen LogP contribution in [-0.4, -0.2) is 11.5 Å². The molecule has 1 aromatic rings. The Labute approximate surface area is 89.9 Å². The van der Waals surface area contributed by atoms with Gasteiger partial charge >= 0.3 is 0 Å². The molecule has 1 atom stereocenters. The van der Waals surface area contributed by atoms with Crippen LogP contribution < -0.4 is 0 Å². The van der Waals surface area contributed by atoms with E-state index in [-0.39, 0.29) is 5.25 Å². The van der Waals surface area contributed by atoms with Crippen LogP contribution in [0.15, 0.2) is 35.2 Å². The molecule has 1 aromatic carbocycles. The molecular formula is C12H16OS. The van der Waals surface area contributed by atoms with Crippen molar-refractivity contribution < 1.29 is 4.79 Å². The first-order valence-electron chi connectivity index (χ1n) is 4.89. The van der Waals surface area contributed by atoms with E-state index < -0.39 is 0 Å². The molecule has 0 fully saturated rings.